The highest BCUT2D eigenvalue weighted by Gasteiger charge is 2.26. The maximum Gasteiger partial charge on any atom is 0.236 e. The van der Waals surface area contributed by atoms with Gasteiger partial charge in [0.25, 0.3) is 0 Å². The van der Waals surface area contributed by atoms with Gasteiger partial charge >= 0.3 is 0 Å². The van der Waals surface area contributed by atoms with Gasteiger partial charge in [-0.2, -0.15) is 15.2 Å². The zero-order valence-corrected chi connectivity index (χ0v) is 16.1. The molecule has 0 atom stereocenters. The Labute approximate surface area is 166 Å². The Morgan fingerprint density at radius 2 is 1.82 bits per heavy atom. The van der Waals surface area contributed by atoms with Crippen LogP contribution in [0.5, 0.6) is 0 Å². The summed E-state index contributed by atoms with van der Waals surface area (Å²) in [4.78, 5) is 13.5. The zero-order valence-electron chi connectivity index (χ0n) is 16.1. The molecule has 7 heteroatoms. The van der Waals surface area contributed by atoms with Crippen LogP contribution in [-0.4, -0.2) is 49.3 Å². The van der Waals surface area contributed by atoms with Gasteiger partial charge < -0.3 is 19.9 Å². The number of nitriles is 1. The van der Waals surface area contributed by atoms with Crippen LogP contribution in [0.4, 0.5) is 17.3 Å². The number of ether oxygens (including phenoxy) is 1. The molecule has 2 aliphatic heterocycles. The smallest absolute Gasteiger partial charge is 0.236 e. The molecule has 0 aliphatic carbocycles. The Kier molecular flexibility index (Phi) is 5.88. The topological polar surface area (TPSA) is 77.3 Å². The minimum Gasteiger partial charge on any atom is -0.377 e. The summed E-state index contributed by atoms with van der Waals surface area (Å²) >= 11 is 0. The number of hydrogen-bond acceptors (Lipinski definition) is 7. The van der Waals surface area contributed by atoms with Crippen LogP contribution in [0.3, 0.4) is 0 Å². The van der Waals surface area contributed by atoms with Crippen LogP contribution in [0.2, 0.25) is 0 Å². The SMILES string of the molecule is N#Cc1nc(N2CCCCC2)c2c(n1)N(CCOCc1ccccc1)CCN2. The molecule has 2 aliphatic rings. The van der Waals surface area contributed by atoms with Gasteiger partial charge in [-0.15, -0.1) is 0 Å². The summed E-state index contributed by atoms with van der Waals surface area (Å²) in [5.74, 6) is 1.93. The fourth-order valence-electron chi connectivity index (χ4n) is 3.79. The largest absolute Gasteiger partial charge is 0.377 e. The lowest BCUT2D eigenvalue weighted by molar-refractivity contribution is 0.126. The van der Waals surface area contributed by atoms with Crippen molar-refractivity contribution >= 4 is 17.3 Å². The monoisotopic (exact) mass is 378 g/mol. The standard InChI is InChI=1S/C21H26N6O/c22-15-18-24-20(26-10-5-2-6-11-26)19-21(25-18)27(12-9-23-19)13-14-28-16-17-7-3-1-4-8-17/h1,3-4,7-8,23H,2,5-6,9-14,16H2. The lowest BCUT2D eigenvalue weighted by atomic mass is 10.1. The highest BCUT2D eigenvalue weighted by molar-refractivity contribution is 5.80. The Hall–Kier alpha value is -2.85. The van der Waals surface area contributed by atoms with Crippen LogP contribution in [0, 0.1) is 11.3 Å². The number of anilines is 3. The second-order valence-electron chi connectivity index (χ2n) is 7.18. The average molecular weight is 378 g/mol. The van der Waals surface area contributed by atoms with Crippen molar-refractivity contribution in [3.05, 3.63) is 41.7 Å². The van der Waals surface area contributed by atoms with Crippen molar-refractivity contribution in [3.8, 4) is 6.07 Å². The highest BCUT2D eigenvalue weighted by atomic mass is 16.5. The molecule has 1 aromatic carbocycles. The number of nitrogens with one attached hydrogen (secondary N) is 1. The van der Waals surface area contributed by atoms with Gasteiger partial charge in [0.15, 0.2) is 11.6 Å². The van der Waals surface area contributed by atoms with Gasteiger partial charge in [0.2, 0.25) is 5.82 Å². The molecule has 0 amide bonds. The normalized spacial score (nSPS) is 16.2. The molecule has 1 saturated heterocycles. The van der Waals surface area contributed by atoms with E-state index in [9.17, 15) is 5.26 Å². The van der Waals surface area contributed by atoms with E-state index in [0.717, 1.165) is 62.9 Å². The summed E-state index contributed by atoms with van der Waals surface area (Å²) in [6, 6.07) is 12.3. The summed E-state index contributed by atoms with van der Waals surface area (Å²) in [5.41, 5.74) is 2.12. The number of fused-ring (bicyclic) bond motifs is 1. The molecule has 0 spiro atoms. The van der Waals surface area contributed by atoms with E-state index in [0.29, 0.717) is 13.2 Å². The van der Waals surface area contributed by atoms with Crippen LogP contribution in [0.25, 0.3) is 0 Å². The number of benzene rings is 1. The Morgan fingerprint density at radius 1 is 1.04 bits per heavy atom. The van der Waals surface area contributed by atoms with E-state index < -0.39 is 0 Å². The second-order valence-corrected chi connectivity index (χ2v) is 7.18. The van der Waals surface area contributed by atoms with Crippen molar-refractivity contribution in [2.24, 2.45) is 0 Å². The van der Waals surface area contributed by atoms with Crippen LogP contribution in [-0.2, 0) is 11.3 Å². The van der Waals surface area contributed by atoms with E-state index in [1.807, 2.05) is 18.2 Å². The summed E-state index contributed by atoms with van der Waals surface area (Å²) in [5, 5.41) is 12.9. The van der Waals surface area contributed by atoms with Crippen LogP contribution < -0.4 is 15.1 Å². The van der Waals surface area contributed by atoms with Gasteiger partial charge in [-0.1, -0.05) is 30.3 Å². The molecule has 2 aromatic rings. The fourth-order valence-corrected chi connectivity index (χ4v) is 3.79. The predicted octanol–water partition coefficient (Wildman–Crippen LogP) is 2.79. The van der Waals surface area contributed by atoms with Gasteiger partial charge in [-0.25, -0.2) is 0 Å². The molecule has 0 bridgehead atoms. The summed E-state index contributed by atoms with van der Waals surface area (Å²) in [6.45, 7) is 5.59. The Bertz CT molecular complexity index is 829. The van der Waals surface area contributed by atoms with E-state index >= 15 is 0 Å². The van der Waals surface area contributed by atoms with Crippen molar-refractivity contribution in [1.82, 2.24) is 9.97 Å². The van der Waals surface area contributed by atoms with Crippen LogP contribution in [0.1, 0.15) is 30.7 Å². The number of rotatable bonds is 6. The van der Waals surface area contributed by atoms with Crippen molar-refractivity contribution in [2.75, 3.05) is 54.4 Å². The number of nitrogens with zero attached hydrogens (tertiary/aromatic N) is 5. The van der Waals surface area contributed by atoms with Crippen molar-refractivity contribution in [3.63, 3.8) is 0 Å². The van der Waals surface area contributed by atoms with Gasteiger partial charge in [0, 0.05) is 32.7 Å². The zero-order chi connectivity index (χ0) is 19.2. The third-order valence-electron chi connectivity index (χ3n) is 5.23. The Morgan fingerprint density at radius 3 is 2.61 bits per heavy atom. The molecule has 0 unspecified atom stereocenters. The molecule has 146 valence electrons. The molecule has 1 fully saturated rings. The first-order chi connectivity index (χ1) is 13.8. The number of hydrogen-bond donors (Lipinski definition) is 1. The minimum atomic E-state index is 0.234. The molecule has 0 radical (unpaired) electrons. The second kappa shape index (κ2) is 8.89. The number of aromatic nitrogens is 2. The lowest BCUT2D eigenvalue weighted by Crippen LogP contribution is -2.39. The maximum atomic E-state index is 9.43. The Balaban J connectivity index is 1.47. The van der Waals surface area contributed by atoms with Gasteiger partial charge in [0.1, 0.15) is 11.8 Å². The third-order valence-corrected chi connectivity index (χ3v) is 5.23. The first kappa shape index (κ1) is 18.5. The molecular formula is C21H26N6O. The van der Waals surface area contributed by atoms with E-state index in [4.69, 9.17) is 4.74 Å². The van der Waals surface area contributed by atoms with E-state index in [1.165, 1.54) is 12.0 Å². The molecule has 1 N–H and O–H groups in total. The van der Waals surface area contributed by atoms with E-state index in [2.05, 4.69) is 43.3 Å². The van der Waals surface area contributed by atoms with E-state index in [1.54, 1.807) is 0 Å². The number of piperidine rings is 1. The molecule has 1 aromatic heterocycles. The van der Waals surface area contributed by atoms with Crippen molar-refractivity contribution in [2.45, 2.75) is 25.9 Å². The van der Waals surface area contributed by atoms with Gasteiger partial charge in [-0.3, -0.25) is 0 Å². The quantitative estimate of drug-likeness (QED) is 0.775. The van der Waals surface area contributed by atoms with Crippen molar-refractivity contribution in [1.29, 1.82) is 5.26 Å². The third kappa shape index (κ3) is 4.18. The first-order valence-corrected chi connectivity index (χ1v) is 10.0. The summed E-state index contributed by atoms with van der Waals surface area (Å²) in [6.07, 6.45) is 3.59. The molecule has 7 nitrogen and oxygen atoms in total. The lowest BCUT2D eigenvalue weighted by Gasteiger charge is -2.35. The molecule has 3 heterocycles. The van der Waals surface area contributed by atoms with Crippen molar-refractivity contribution < 1.29 is 4.74 Å². The molecule has 4 rings (SSSR count). The first-order valence-electron chi connectivity index (χ1n) is 10.0. The average Bonchev–Trinajstić information content (AvgIpc) is 2.77. The highest BCUT2D eigenvalue weighted by Crippen LogP contribution is 2.36. The van der Waals surface area contributed by atoms with E-state index in [-0.39, 0.29) is 5.82 Å². The molecular weight excluding hydrogens is 352 g/mol. The summed E-state index contributed by atoms with van der Waals surface area (Å²) in [7, 11) is 0. The summed E-state index contributed by atoms with van der Waals surface area (Å²) < 4.78 is 5.86. The maximum absolute atomic E-state index is 9.43. The molecule has 0 saturated carbocycles. The van der Waals surface area contributed by atoms with Gasteiger partial charge in [-0.05, 0) is 24.8 Å². The fraction of sp³-hybridized carbons (Fsp3) is 0.476. The van der Waals surface area contributed by atoms with Crippen LogP contribution >= 0.6 is 0 Å². The molecule has 28 heavy (non-hydrogen) atoms. The predicted molar refractivity (Wildman–Crippen MR) is 110 cm³/mol. The minimum absolute atomic E-state index is 0.234. The van der Waals surface area contributed by atoms with Crippen LogP contribution in [0.15, 0.2) is 30.3 Å². The van der Waals surface area contributed by atoms with Gasteiger partial charge in [0.05, 0.1) is 13.2 Å².